The largest absolute Gasteiger partial charge is 0.494 e. The summed E-state index contributed by atoms with van der Waals surface area (Å²) >= 11 is 0. The third-order valence-electron chi connectivity index (χ3n) is 6.30. The molecule has 180 valence electrons. The minimum Gasteiger partial charge on any atom is -0.494 e. The predicted molar refractivity (Wildman–Crippen MR) is 130 cm³/mol. The Balaban J connectivity index is 1.71. The zero-order valence-electron chi connectivity index (χ0n) is 19.9. The van der Waals surface area contributed by atoms with E-state index in [0.29, 0.717) is 48.3 Å². The van der Waals surface area contributed by atoms with Crippen LogP contribution in [0.25, 0.3) is 10.9 Å². The van der Waals surface area contributed by atoms with Gasteiger partial charge in [-0.05, 0) is 82.5 Å². The van der Waals surface area contributed by atoms with Crippen molar-refractivity contribution in [3.05, 3.63) is 65.9 Å². The average Bonchev–Trinajstić information content (AvgIpc) is 3.61. The monoisotopic (exact) mass is 482 g/mol. The first-order valence-corrected chi connectivity index (χ1v) is 13.0. The number of nitrogens with one attached hydrogen (secondary N) is 1. The molecule has 1 saturated carbocycles. The summed E-state index contributed by atoms with van der Waals surface area (Å²) in [5, 5.41) is 0.464. The molecule has 1 aliphatic rings. The summed E-state index contributed by atoms with van der Waals surface area (Å²) in [6.07, 6.45) is 2.66. The molecule has 1 fully saturated rings. The number of hydrogen-bond acceptors (Lipinski definition) is 6. The average molecular weight is 483 g/mol. The van der Waals surface area contributed by atoms with Crippen LogP contribution in [-0.2, 0) is 30.6 Å². The van der Waals surface area contributed by atoms with Crippen molar-refractivity contribution in [2.45, 2.75) is 56.4 Å². The van der Waals surface area contributed by atoms with E-state index in [9.17, 15) is 13.2 Å². The molecule has 0 atom stereocenters. The molecule has 1 heterocycles. The van der Waals surface area contributed by atoms with Gasteiger partial charge in [0.15, 0.2) is 0 Å². The molecule has 0 spiro atoms. The fraction of sp³-hybridized carbons (Fsp3) is 0.385. The molecule has 8 heteroatoms. The second kappa shape index (κ2) is 9.00. The summed E-state index contributed by atoms with van der Waals surface area (Å²) in [6, 6.07) is 13.9. The lowest BCUT2D eigenvalue weighted by molar-refractivity contribution is -0.121. The van der Waals surface area contributed by atoms with Crippen molar-refractivity contribution in [3.8, 4) is 5.75 Å². The van der Waals surface area contributed by atoms with Gasteiger partial charge < -0.3 is 9.47 Å². The summed E-state index contributed by atoms with van der Waals surface area (Å²) in [6.45, 7) is 8.71. The van der Waals surface area contributed by atoms with E-state index in [0.717, 1.165) is 5.56 Å². The van der Waals surface area contributed by atoms with E-state index in [4.69, 9.17) is 9.47 Å². The van der Waals surface area contributed by atoms with E-state index in [2.05, 4.69) is 9.71 Å². The van der Waals surface area contributed by atoms with Gasteiger partial charge >= 0.3 is 0 Å². The third kappa shape index (κ3) is 4.40. The van der Waals surface area contributed by atoms with Crippen LogP contribution in [-0.4, -0.2) is 32.5 Å². The van der Waals surface area contributed by atoms with Crippen LogP contribution in [0.4, 0.5) is 0 Å². The number of fused-ring (bicyclic) bond motifs is 1. The smallest absolute Gasteiger partial charge is 0.264 e. The van der Waals surface area contributed by atoms with Crippen LogP contribution in [0, 0.1) is 0 Å². The maximum atomic E-state index is 13.5. The van der Waals surface area contributed by atoms with Crippen LogP contribution in [0.1, 0.15) is 51.7 Å². The Kier molecular flexibility index (Phi) is 6.40. The van der Waals surface area contributed by atoms with Crippen LogP contribution in [0.15, 0.2) is 59.6 Å². The quantitative estimate of drug-likeness (QED) is 0.485. The van der Waals surface area contributed by atoms with Crippen molar-refractivity contribution in [1.29, 1.82) is 0 Å². The highest BCUT2D eigenvalue weighted by molar-refractivity contribution is 7.90. The van der Waals surface area contributed by atoms with Gasteiger partial charge in [0.1, 0.15) is 5.75 Å². The first kappa shape index (κ1) is 24.2. The van der Waals surface area contributed by atoms with E-state index >= 15 is 0 Å². The predicted octanol–water partition coefficient (Wildman–Crippen LogP) is 4.44. The molecule has 3 aromatic rings. The van der Waals surface area contributed by atoms with Crippen LogP contribution in [0.3, 0.4) is 0 Å². The number of sulfonamides is 1. The summed E-state index contributed by atoms with van der Waals surface area (Å²) in [4.78, 5) is 17.7. The lowest BCUT2D eigenvalue weighted by Gasteiger charge is -2.28. The molecule has 1 amide bonds. The number of carbonyl (C=O) groups is 1. The number of carbonyl (C=O) groups excluding carboxylic acids is 1. The first-order valence-electron chi connectivity index (χ1n) is 11.5. The van der Waals surface area contributed by atoms with Crippen LogP contribution in [0.5, 0.6) is 5.75 Å². The molecule has 0 radical (unpaired) electrons. The fourth-order valence-electron chi connectivity index (χ4n) is 4.33. The van der Waals surface area contributed by atoms with Gasteiger partial charge in [0.2, 0.25) is 5.91 Å². The zero-order valence-corrected chi connectivity index (χ0v) is 20.7. The number of aromatic nitrogens is 1. The Bertz CT molecular complexity index is 1320. The first-order chi connectivity index (χ1) is 16.1. The molecule has 7 nitrogen and oxygen atoms in total. The van der Waals surface area contributed by atoms with Crippen LogP contribution >= 0.6 is 0 Å². The standard InChI is InChI=1S/C26H30N2O5S/c1-5-32-22-13-12-18(25(3,4)33-6-2)17-20(22)26(14-15-26)24(29)28-34(30,31)23-11-7-10-21-19(23)9-8-16-27-21/h7-13,16-17H,5-6,14-15H2,1-4H3,(H,28,29). The lowest BCUT2D eigenvalue weighted by Crippen LogP contribution is -2.39. The summed E-state index contributed by atoms with van der Waals surface area (Å²) in [7, 11) is -4.11. The van der Waals surface area contributed by atoms with E-state index in [1.807, 2.05) is 45.9 Å². The van der Waals surface area contributed by atoms with E-state index in [-0.39, 0.29) is 4.90 Å². The number of rotatable bonds is 9. The Labute approximate surface area is 200 Å². The molecule has 34 heavy (non-hydrogen) atoms. The maximum absolute atomic E-state index is 13.5. The SMILES string of the molecule is CCOc1ccc(C(C)(C)OCC)cc1C1(C(=O)NS(=O)(=O)c2cccc3ncccc23)CC1. The number of benzene rings is 2. The van der Waals surface area contributed by atoms with E-state index in [1.54, 1.807) is 30.5 Å². The van der Waals surface area contributed by atoms with Gasteiger partial charge in [0.25, 0.3) is 10.0 Å². The van der Waals surface area contributed by atoms with Gasteiger partial charge in [-0.1, -0.05) is 12.1 Å². The lowest BCUT2D eigenvalue weighted by atomic mass is 9.88. The van der Waals surface area contributed by atoms with Crippen molar-refractivity contribution < 1.29 is 22.7 Å². The highest BCUT2D eigenvalue weighted by Crippen LogP contribution is 2.52. The van der Waals surface area contributed by atoms with Gasteiger partial charge in [0.05, 0.1) is 28.0 Å². The number of ether oxygens (including phenoxy) is 2. The minimum absolute atomic E-state index is 0.0264. The van der Waals surface area contributed by atoms with Crippen molar-refractivity contribution in [3.63, 3.8) is 0 Å². The molecule has 0 saturated heterocycles. The number of pyridine rings is 1. The van der Waals surface area contributed by atoms with Gasteiger partial charge in [0, 0.05) is 23.8 Å². The molecule has 1 aliphatic carbocycles. The number of amides is 1. The Hall–Kier alpha value is -2.97. The summed E-state index contributed by atoms with van der Waals surface area (Å²) in [5.41, 5.74) is 0.590. The minimum atomic E-state index is -4.11. The van der Waals surface area contributed by atoms with Crippen molar-refractivity contribution >= 4 is 26.8 Å². The van der Waals surface area contributed by atoms with Gasteiger partial charge in [-0.2, -0.15) is 0 Å². The highest BCUT2D eigenvalue weighted by Gasteiger charge is 2.54. The zero-order chi connectivity index (χ0) is 24.6. The Morgan fingerprint density at radius 1 is 1.09 bits per heavy atom. The van der Waals surface area contributed by atoms with Crippen molar-refractivity contribution in [2.24, 2.45) is 0 Å². The second-order valence-electron chi connectivity index (χ2n) is 8.93. The summed E-state index contributed by atoms with van der Waals surface area (Å²) < 4.78 is 40.6. The van der Waals surface area contributed by atoms with E-state index in [1.165, 1.54) is 6.07 Å². The van der Waals surface area contributed by atoms with Gasteiger partial charge in [-0.3, -0.25) is 9.78 Å². The van der Waals surface area contributed by atoms with E-state index < -0.39 is 26.9 Å². The molecule has 1 N–H and O–H groups in total. The van der Waals surface area contributed by atoms with Crippen LogP contribution < -0.4 is 9.46 Å². The molecule has 1 aromatic heterocycles. The van der Waals surface area contributed by atoms with Gasteiger partial charge in [-0.25, -0.2) is 13.1 Å². The van der Waals surface area contributed by atoms with Crippen LogP contribution in [0.2, 0.25) is 0 Å². The number of nitrogens with zero attached hydrogens (tertiary/aromatic N) is 1. The summed E-state index contributed by atoms with van der Waals surface area (Å²) in [5.74, 6) is 0.0265. The third-order valence-corrected chi connectivity index (χ3v) is 7.69. The van der Waals surface area contributed by atoms with Gasteiger partial charge in [-0.15, -0.1) is 0 Å². The Morgan fingerprint density at radius 2 is 1.85 bits per heavy atom. The molecule has 2 aromatic carbocycles. The molecular formula is C26H30N2O5S. The molecule has 4 rings (SSSR count). The highest BCUT2D eigenvalue weighted by atomic mass is 32.2. The molecule has 0 aliphatic heterocycles. The molecular weight excluding hydrogens is 452 g/mol. The van der Waals surface area contributed by atoms with Crippen molar-refractivity contribution in [2.75, 3.05) is 13.2 Å². The normalized spacial score (nSPS) is 15.2. The maximum Gasteiger partial charge on any atom is 0.264 e. The topological polar surface area (TPSA) is 94.6 Å². The second-order valence-corrected chi connectivity index (χ2v) is 10.6. The molecule has 0 unspecified atom stereocenters. The Morgan fingerprint density at radius 3 is 2.53 bits per heavy atom. The number of hydrogen-bond donors (Lipinski definition) is 1. The molecule has 0 bridgehead atoms. The van der Waals surface area contributed by atoms with Crippen molar-refractivity contribution in [1.82, 2.24) is 9.71 Å². The fourth-order valence-corrected chi connectivity index (χ4v) is 5.60.